The number of anilines is 2. The standard InChI is InChI=1S/C11H6BrClN4/c12-9-2-1-8(5-10(9)13)16-11-7(6-14)3-4-15-17-11/h1-5H,(H,16,17). The summed E-state index contributed by atoms with van der Waals surface area (Å²) in [6, 6.07) is 9.00. The SMILES string of the molecule is N#Cc1ccnnc1Nc1ccc(Br)c(Cl)c1. The van der Waals surface area contributed by atoms with Crippen LogP contribution in [0.4, 0.5) is 11.5 Å². The Morgan fingerprint density at radius 3 is 2.88 bits per heavy atom. The Balaban J connectivity index is 2.32. The average molecular weight is 310 g/mol. The van der Waals surface area contributed by atoms with Gasteiger partial charge in [0.05, 0.1) is 16.8 Å². The van der Waals surface area contributed by atoms with Crippen molar-refractivity contribution in [2.45, 2.75) is 0 Å². The molecular formula is C11H6BrClN4. The van der Waals surface area contributed by atoms with Gasteiger partial charge in [-0.1, -0.05) is 11.6 Å². The molecule has 0 atom stereocenters. The normalized spacial score (nSPS) is 9.71. The van der Waals surface area contributed by atoms with Crippen molar-refractivity contribution in [3.05, 3.63) is 45.5 Å². The van der Waals surface area contributed by atoms with E-state index in [0.717, 1.165) is 10.2 Å². The highest BCUT2D eigenvalue weighted by atomic mass is 79.9. The third kappa shape index (κ3) is 2.73. The van der Waals surface area contributed by atoms with Crippen LogP contribution in [0, 0.1) is 11.3 Å². The molecule has 1 aromatic heterocycles. The fourth-order valence-corrected chi connectivity index (χ4v) is 1.65. The zero-order valence-corrected chi connectivity index (χ0v) is 10.8. The van der Waals surface area contributed by atoms with Crippen LogP contribution in [-0.4, -0.2) is 10.2 Å². The maximum Gasteiger partial charge on any atom is 0.171 e. The zero-order chi connectivity index (χ0) is 12.3. The first-order chi connectivity index (χ1) is 8.20. The van der Waals surface area contributed by atoms with Crippen LogP contribution in [-0.2, 0) is 0 Å². The second kappa shape index (κ2) is 5.13. The Kier molecular flexibility index (Phi) is 3.57. The van der Waals surface area contributed by atoms with Crippen molar-refractivity contribution in [2.75, 3.05) is 5.32 Å². The summed E-state index contributed by atoms with van der Waals surface area (Å²) in [7, 11) is 0. The molecule has 0 bridgehead atoms. The summed E-state index contributed by atoms with van der Waals surface area (Å²) in [5.41, 5.74) is 1.18. The summed E-state index contributed by atoms with van der Waals surface area (Å²) in [5, 5.41) is 20.1. The van der Waals surface area contributed by atoms with Crippen molar-refractivity contribution < 1.29 is 0 Å². The van der Waals surface area contributed by atoms with Gasteiger partial charge in [0.2, 0.25) is 0 Å². The van der Waals surface area contributed by atoms with Crippen LogP contribution in [0.15, 0.2) is 34.9 Å². The predicted octanol–water partition coefficient (Wildman–Crippen LogP) is 3.51. The van der Waals surface area contributed by atoms with Gasteiger partial charge in [-0.15, -0.1) is 5.10 Å². The molecule has 6 heteroatoms. The maximum atomic E-state index is 8.90. The highest BCUT2D eigenvalue weighted by molar-refractivity contribution is 9.10. The van der Waals surface area contributed by atoms with Gasteiger partial charge in [0.15, 0.2) is 5.82 Å². The Bertz CT molecular complexity index is 594. The lowest BCUT2D eigenvalue weighted by molar-refractivity contribution is 1.03. The van der Waals surface area contributed by atoms with Crippen LogP contribution in [0.2, 0.25) is 5.02 Å². The Morgan fingerprint density at radius 2 is 2.18 bits per heavy atom. The molecule has 1 aromatic carbocycles. The first-order valence-corrected chi connectivity index (χ1v) is 5.81. The minimum absolute atomic E-state index is 0.411. The van der Waals surface area contributed by atoms with Crippen molar-refractivity contribution in [3.63, 3.8) is 0 Å². The number of nitrogens with one attached hydrogen (secondary N) is 1. The third-order valence-corrected chi connectivity index (χ3v) is 3.26. The second-order valence-electron chi connectivity index (χ2n) is 3.16. The molecule has 2 aromatic rings. The molecule has 0 spiro atoms. The lowest BCUT2D eigenvalue weighted by Gasteiger charge is -2.06. The number of hydrogen-bond acceptors (Lipinski definition) is 4. The van der Waals surface area contributed by atoms with Gasteiger partial charge in [-0.25, -0.2) is 0 Å². The molecule has 0 radical (unpaired) electrons. The zero-order valence-electron chi connectivity index (χ0n) is 8.48. The van der Waals surface area contributed by atoms with Crippen molar-refractivity contribution in [3.8, 4) is 6.07 Å². The third-order valence-electron chi connectivity index (χ3n) is 2.02. The van der Waals surface area contributed by atoms with Gasteiger partial charge in [0, 0.05) is 10.2 Å². The van der Waals surface area contributed by atoms with Gasteiger partial charge in [-0.05, 0) is 40.2 Å². The van der Waals surface area contributed by atoms with Crippen LogP contribution in [0.25, 0.3) is 0 Å². The number of halogens is 2. The highest BCUT2D eigenvalue weighted by Crippen LogP contribution is 2.27. The maximum absolute atomic E-state index is 8.90. The topological polar surface area (TPSA) is 61.6 Å². The molecule has 2 rings (SSSR count). The van der Waals surface area contributed by atoms with Gasteiger partial charge in [-0.3, -0.25) is 0 Å². The fourth-order valence-electron chi connectivity index (χ4n) is 1.22. The first-order valence-electron chi connectivity index (χ1n) is 4.64. The number of rotatable bonds is 2. The Labute approximate surface area is 111 Å². The van der Waals surface area contributed by atoms with E-state index < -0.39 is 0 Å². The highest BCUT2D eigenvalue weighted by Gasteiger charge is 2.05. The predicted molar refractivity (Wildman–Crippen MR) is 69.2 cm³/mol. The van der Waals surface area contributed by atoms with Crippen LogP contribution >= 0.6 is 27.5 Å². The van der Waals surface area contributed by atoms with Crippen LogP contribution in [0.1, 0.15) is 5.56 Å². The summed E-state index contributed by atoms with van der Waals surface area (Å²) < 4.78 is 0.810. The molecule has 84 valence electrons. The minimum Gasteiger partial charge on any atom is -0.338 e. The number of nitrogens with zero attached hydrogens (tertiary/aromatic N) is 3. The minimum atomic E-state index is 0.411. The van der Waals surface area contributed by atoms with Crippen molar-refractivity contribution in [2.24, 2.45) is 0 Å². The molecule has 0 saturated heterocycles. The molecule has 1 N–H and O–H groups in total. The monoisotopic (exact) mass is 308 g/mol. The van der Waals surface area contributed by atoms with Gasteiger partial charge >= 0.3 is 0 Å². The van der Waals surface area contributed by atoms with Crippen LogP contribution in [0.5, 0.6) is 0 Å². The quantitative estimate of drug-likeness (QED) is 0.922. The van der Waals surface area contributed by atoms with E-state index in [1.54, 1.807) is 12.1 Å². The van der Waals surface area contributed by atoms with E-state index in [2.05, 4.69) is 31.4 Å². The molecule has 0 unspecified atom stereocenters. The molecule has 1 heterocycles. The smallest absolute Gasteiger partial charge is 0.171 e. The molecule has 17 heavy (non-hydrogen) atoms. The first kappa shape index (κ1) is 11.8. The lowest BCUT2D eigenvalue weighted by Crippen LogP contribution is -1.98. The van der Waals surface area contributed by atoms with Gasteiger partial charge in [-0.2, -0.15) is 10.4 Å². The summed E-state index contributed by atoms with van der Waals surface area (Å²) in [6.07, 6.45) is 1.47. The largest absolute Gasteiger partial charge is 0.338 e. The van der Waals surface area contributed by atoms with E-state index >= 15 is 0 Å². The van der Waals surface area contributed by atoms with E-state index in [1.807, 2.05) is 18.2 Å². The van der Waals surface area contributed by atoms with Crippen molar-refractivity contribution in [1.82, 2.24) is 10.2 Å². The Hall–Kier alpha value is -1.64. The van der Waals surface area contributed by atoms with Crippen molar-refractivity contribution in [1.29, 1.82) is 5.26 Å². The van der Waals surface area contributed by atoms with Crippen LogP contribution in [0.3, 0.4) is 0 Å². The summed E-state index contributed by atoms with van der Waals surface area (Å²) in [4.78, 5) is 0. The van der Waals surface area contributed by atoms with E-state index in [-0.39, 0.29) is 0 Å². The van der Waals surface area contributed by atoms with E-state index in [9.17, 15) is 0 Å². The van der Waals surface area contributed by atoms with Crippen molar-refractivity contribution >= 4 is 39.0 Å². The molecule has 4 nitrogen and oxygen atoms in total. The second-order valence-corrected chi connectivity index (χ2v) is 4.42. The van der Waals surface area contributed by atoms with Crippen LogP contribution < -0.4 is 5.32 Å². The number of nitriles is 1. The summed E-state index contributed by atoms with van der Waals surface area (Å²) >= 11 is 9.27. The molecule has 0 aliphatic heterocycles. The molecule has 0 fully saturated rings. The van der Waals surface area contributed by atoms with E-state index in [1.165, 1.54) is 6.20 Å². The van der Waals surface area contributed by atoms with E-state index in [0.29, 0.717) is 16.4 Å². The molecule has 0 aliphatic rings. The van der Waals surface area contributed by atoms with Gasteiger partial charge in [0.1, 0.15) is 6.07 Å². The number of hydrogen-bond donors (Lipinski definition) is 1. The average Bonchev–Trinajstić information content (AvgIpc) is 2.34. The Morgan fingerprint density at radius 1 is 1.35 bits per heavy atom. The fraction of sp³-hybridized carbons (Fsp3) is 0. The van der Waals surface area contributed by atoms with Gasteiger partial charge < -0.3 is 5.32 Å². The van der Waals surface area contributed by atoms with Gasteiger partial charge in [0.25, 0.3) is 0 Å². The summed E-state index contributed by atoms with van der Waals surface area (Å²) in [6.45, 7) is 0. The summed E-state index contributed by atoms with van der Waals surface area (Å²) in [5.74, 6) is 0.411. The van der Waals surface area contributed by atoms with E-state index in [4.69, 9.17) is 16.9 Å². The lowest BCUT2D eigenvalue weighted by atomic mass is 10.3. The molecule has 0 saturated carbocycles. The number of benzene rings is 1. The molecule has 0 aliphatic carbocycles. The molecule has 0 amide bonds. The number of aromatic nitrogens is 2. The molecular weight excluding hydrogens is 304 g/mol.